The summed E-state index contributed by atoms with van der Waals surface area (Å²) in [7, 11) is -4.34. The molecule has 0 rings (SSSR count). The molecule has 0 aromatic carbocycles. The highest BCUT2D eigenvalue weighted by atomic mass is 32.3. The van der Waals surface area contributed by atoms with Crippen molar-refractivity contribution in [2.24, 2.45) is 0 Å². The molecule has 0 unspecified atom stereocenters. The minimum absolute atomic E-state index is 0.641. The average molecular weight is 294 g/mol. The molecule has 0 aromatic heterocycles. The Morgan fingerprint density at radius 1 is 0.895 bits per heavy atom. The molecule has 0 saturated heterocycles. The van der Waals surface area contributed by atoms with Crippen molar-refractivity contribution in [1.29, 1.82) is 0 Å². The van der Waals surface area contributed by atoms with Gasteiger partial charge in [0.2, 0.25) is 0 Å². The first-order chi connectivity index (χ1) is 8.77. The number of unbranched alkanes of at least 4 members (excludes halogenated alkanes) is 8. The molecule has 0 bridgehead atoms. The van der Waals surface area contributed by atoms with Gasteiger partial charge in [-0.3, -0.25) is 4.55 Å². The fourth-order valence-corrected chi connectivity index (χ4v) is 2.84. The zero-order valence-corrected chi connectivity index (χ0v) is 13.5. The topological polar surface area (TPSA) is 63.6 Å². The van der Waals surface area contributed by atoms with Crippen molar-refractivity contribution in [3.05, 3.63) is 0 Å². The van der Waals surface area contributed by atoms with Crippen molar-refractivity contribution in [2.75, 3.05) is 0 Å². The van der Waals surface area contributed by atoms with Crippen LogP contribution in [-0.4, -0.2) is 18.6 Å². The summed E-state index contributed by atoms with van der Waals surface area (Å²) in [4.78, 5) is 0. The Morgan fingerprint density at radius 2 is 1.32 bits per heavy atom. The molecule has 0 radical (unpaired) electrons. The van der Waals surface area contributed by atoms with Crippen LogP contribution in [0.25, 0.3) is 0 Å². The number of hydrogen-bond acceptors (Lipinski definition) is 3. The third kappa shape index (κ3) is 14.1. The molecule has 0 aliphatic rings. The molecule has 0 aliphatic carbocycles. The molecule has 0 heterocycles. The lowest BCUT2D eigenvalue weighted by Crippen LogP contribution is -2.27. The first-order valence-electron chi connectivity index (χ1n) is 7.45. The summed E-state index contributed by atoms with van der Waals surface area (Å²) in [5, 5.41) is 0. The van der Waals surface area contributed by atoms with Crippen LogP contribution in [0.1, 0.15) is 85.0 Å². The van der Waals surface area contributed by atoms with Gasteiger partial charge in [0.15, 0.2) is 0 Å². The Bertz CT molecular complexity index is 309. The highest BCUT2D eigenvalue weighted by Crippen LogP contribution is 2.21. The molecule has 5 heteroatoms. The Morgan fingerprint density at radius 3 is 1.74 bits per heavy atom. The van der Waals surface area contributed by atoms with Gasteiger partial charge in [-0.1, -0.05) is 64.7 Å². The summed E-state index contributed by atoms with van der Waals surface area (Å²) in [6, 6.07) is 0. The third-order valence-electron chi connectivity index (χ3n) is 3.21. The summed E-state index contributed by atoms with van der Waals surface area (Å²) in [5.74, 6) is 0. The van der Waals surface area contributed by atoms with Crippen LogP contribution in [0.4, 0.5) is 0 Å². The van der Waals surface area contributed by atoms with Gasteiger partial charge >= 0.3 is 10.4 Å². The van der Waals surface area contributed by atoms with Crippen molar-refractivity contribution in [3.63, 3.8) is 0 Å². The molecule has 0 aliphatic heterocycles. The molecule has 1 N–H and O–H groups in total. The van der Waals surface area contributed by atoms with Crippen LogP contribution in [0, 0.1) is 0 Å². The molecular weight excluding hydrogens is 264 g/mol. The van der Waals surface area contributed by atoms with E-state index in [0.29, 0.717) is 6.42 Å². The lowest BCUT2D eigenvalue weighted by molar-refractivity contribution is 0.0876. The van der Waals surface area contributed by atoms with Crippen molar-refractivity contribution < 1.29 is 17.2 Å². The van der Waals surface area contributed by atoms with Crippen molar-refractivity contribution in [2.45, 2.75) is 90.6 Å². The molecule has 0 spiro atoms. The summed E-state index contributed by atoms with van der Waals surface area (Å²) < 4.78 is 34.6. The van der Waals surface area contributed by atoms with Crippen LogP contribution in [-0.2, 0) is 14.6 Å². The molecule has 4 nitrogen and oxygen atoms in total. The smallest absolute Gasteiger partial charge is 0.264 e. The predicted molar refractivity (Wildman–Crippen MR) is 78.6 cm³/mol. The third-order valence-corrected chi connectivity index (χ3v) is 3.88. The van der Waals surface area contributed by atoms with Crippen molar-refractivity contribution in [1.82, 2.24) is 0 Å². The molecule has 0 fully saturated rings. The Hall–Kier alpha value is -0.130. The van der Waals surface area contributed by atoms with Gasteiger partial charge in [-0.25, -0.2) is 4.18 Å². The first-order valence-corrected chi connectivity index (χ1v) is 8.81. The fraction of sp³-hybridized carbons (Fsp3) is 1.00. The number of hydrogen-bond donors (Lipinski definition) is 1. The second-order valence-corrected chi connectivity index (χ2v) is 6.87. The van der Waals surface area contributed by atoms with E-state index in [-0.39, 0.29) is 0 Å². The van der Waals surface area contributed by atoms with Crippen LogP contribution in [0.5, 0.6) is 0 Å². The maximum absolute atomic E-state index is 10.6. The SMILES string of the molecule is CCCCCCCCCCCC(C)(C)OS(=O)(=O)O. The van der Waals surface area contributed by atoms with Crippen LogP contribution in [0.2, 0.25) is 0 Å². The monoisotopic (exact) mass is 294 g/mol. The van der Waals surface area contributed by atoms with Gasteiger partial charge < -0.3 is 0 Å². The Kier molecular flexibility index (Phi) is 9.66. The molecular formula is C14H30O4S. The van der Waals surface area contributed by atoms with Crippen molar-refractivity contribution >= 4 is 10.4 Å². The van der Waals surface area contributed by atoms with Gasteiger partial charge in [0.05, 0.1) is 5.60 Å². The lowest BCUT2D eigenvalue weighted by Gasteiger charge is -2.22. The van der Waals surface area contributed by atoms with Crippen molar-refractivity contribution in [3.8, 4) is 0 Å². The molecule has 0 amide bonds. The zero-order valence-electron chi connectivity index (χ0n) is 12.7. The van der Waals surface area contributed by atoms with E-state index in [4.69, 9.17) is 4.55 Å². The van der Waals surface area contributed by atoms with Gasteiger partial charge in [-0.2, -0.15) is 8.42 Å². The highest BCUT2D eigenvalue weighted by Gasteiger charge is 2.24. The summed E-state index contributed by atoms with van der Waals surface area (Å²) in [6.45, 7) is 5.59. The minimum atomic E-state index is -4.34. The molecule has 19 heavy (non-hydrogen) atoms. The molecule has 116 valence electrons. The van der Waals surface area contributed by atoms with E-state index in [0.717, 1.165) is 12.8 Å². The van der Waals surface area contributed by atoms with E-state index in [1.54, 1.807) is 13.8 Å². The van der Waals surface area contributed by atoms with Gasteiger partial charge in [-0.05, 0) is 20.3 Å². The molecule has 0 aromatic rings. The average Bonchev–Trinajstić information content (AvgIpc) is 2.23. The fourth-order valence-electron chi connectivity index (χ4n) is 2.19. The Labute approximate surface area is 118 Å². The summed E-state index contributed by atoms with van der Waals surface area (Å²) >= 11 is 0. The van der Waals surface area contributed by atoms with Gasteiger partial charge in [-0.15, -0.1) is 0 Å². The molecule has 0 atom stereocenters. The van der Waals surface area contributed by atoms with E-state index in [1.807, 2.05) is 0 Å². The Balaban J connectivity index is 3.48. The van der Waals surface area contributed by atoms with E-state index < -0.39 is 16.0 Å². The van der Waals surface area contributed by atoms with Gasteiger partial charge in [0.1, 0.15) is 0 Å². The molecule has 0 saturated carbocycles. The standard InChI is InChI=1S/C14H30O4S/c1-4-5-6-7-8-9-10-11-12-13-14(2,3)18-19(15,16)17/h4-13H2,1-3H3,(H,15,16,17). The second-order valence-electron chi connectivity index (χ2n) is 5.85. The van der Waals surface area contributed by atoms with E-state index in [2.05, 4.69) is 11.1 Å². The normalized spacial score (nSPS) is 12.8. The zero-order chi connectivity index (χ0) is 14.8. The van der Waals surface area contributed by atoms with Crippen LogP contribution in [0.3, 0.4) is 0 Å². The maximum atomic E-state index is 10.6. The second kappa shape index (κ2) is 9.72. The van der Waals surface area contributed by atoms with Crippen LogP contribution >= 0.6 is 0 Å². The van der Waals surface area contributed by atoms with E-state index in [1.165, 1.54) is 44.9 Å². The quantitative estimate of drug-likeness (QED) is 0.425. The van der Waals surface area contributed by atoms with E-state index >= 15 is 0 Å². The van der Waals surface area contributed by atoms with Crippen LogP contribution < -0.4 is 0 Å². The van der Waals surface area contributed by atoms with Gasteiger partial charge in [0, 0.05) is 0 Å². The first kappa shape index (κ1) is 18.9. The minimum Gasteiger partial charge on any atom is -0.264 e. The van der Waals surface area contributed by atoms with Crippen LogP contribution in [0.15, 0.2) is 0 Å². The largest absolute Gasteiger partial charge is 0.397 e. The van der Waals surface area contributed by atoms with Gasteiger partial charge in [0.25, 0.3) is 0 Å². The highest BCUT2D eigenvalue weighted by molar-refractivity contribution is 7.80. The lowest BCUT2D eigenvalue weighted by atomic mass is 9.99. The summed E-state index contributed by atoms with van der Waals surface area (Å²) in [6.07, 6.45) is 11.7. The predicted octanol–water partition coefficient (Wildman–Crippen LogP) is 4.51. The summed E-state index contributed by atoms with van der Waals surface area (Å²) in [5.41, 5.74) is -0.811. The number of rotatable bonds is 12. The maximum Gasteiger partial charge on any atom is 0.397 e. The van der Waals surface area contributed by atoms with E-state index in [9.17, 15) is 8.42 Å².